The Labute approximate surface area is 148 Å². The molecule has 0 aromatic carbocycles. The number of rotatable bonds is 0. The minimum Gasteiger partial charge on any atom is -2.00 e. The van der Waals surface area contributed by atoms with Crippen LogP contribution in [0.2, 0.25) is 0 Å². The van der Waals surface area contributed by atoms with Crippen LogP contribution in [-0.2, 0) is 27.4 Å². The van der Waals surface area contributed by atoms with E-state index in [9.17, 15) is 0 Å². The monoisotopic (exact) mass is 400 g/mol. The average Bonchev–Trinajstić information content (AvgIpc) is 0. The van der Waals surface area contributed by atoms with Crippen LogP contribution in [0.5, 0.6) is 0 Å². The third-order valence-electron chi connectivity index (χ3n) is 0. The van der Waals surface area contributed by atoms with Crippen molar-refractivity contribution in [3.8, 4) is 0 Å². The quantitative estimate of drug-likeness (QED) is 0.426. The largest absolute Gasteiger partial charge is 3.00 e. The van der Waals surface area contributed by atoms with Gasteiger partial charge in [-0.25, -0.2) is 0 Å². The molecule has 40 valence electrons. The summed E-state index contributed by atoms with van der Waals surface area (Å²) < 4.78 is 0. The van der Waals surface area contributed by atoms with Crippen molar-refractivity contribution in [2.24, 2.45) is 0 Å². The van der Waals surface area contributed by atoms with E-state index in [0.29, 0.717) is 0 Å². The van der Waals surface area contributed by atoms with E-state index in [4.69, 9.17) is 0 Å². The van der Waals surface area contributed by atoms with Crippen molar-refractivity contribution in [3.63, 3.8) is 0 Å². The van der Waals surface area contributed by atoms with E-state index in [1.54, 1.807) is 0 Å². The van der Waals surface area contributed by atoms with Crippen molar-refractivity contribution in [1.29, 1.82) is 0 Å². The fourth-order valence-corrected chi connectivity index (χ4v) is 0. The van der Waals surface area contributed by atoms with Crippen LogP contribution < -0.4 is 0 Å². The van der Waals surface area contributed by atoms with Crippen LogP contribution >= 0.6 is 0 Å². The van der Waals surface area contributed by atoms with Crippen molar-refractivity contribution >= 4 is 88.3 Å². The normalized spacial score (nSPS) is 0. The predicted molar refractivity (Wildman–Crippen MR) is 20.7 cm³/mol. The summed E-state index contributed by atoms with van der Waals surface area (Å²) in [6.07, 6.45) is 0. The van der Waals surface area contributed by atoms with Crippen molar-refractivity contribution in [2.75, 3.05) is 0 Å². The summed E-state index contributed by atoms with van der Waals surface area (Å²) in [4.78, 5) is 0. The maximum Gasteiger partial charge on any atom is 3.00 e. The van der Waals surface area contributed by atoms with Crippen molar-refractivity contribution in [3.05, 3.63) is 0 Å². The minimum absolute atomic E-state index is 0. The maximum atomic E-state index is 0. The maximum absolute atomic E-state index is 0. The van der Waals surface area contributed by atoms with Crippen LogP contribution in [0.3, 0.4) is 0 Å². The average molecular weight is 401 g/mol. The molecular weight excluding hydrogens is 401 g/mol. The topological polar surface area (TPSA) is 142 Å². The molecule has 0 N–H and O–H groups in total. The van der Waals surface area contributed by atoms with Crippen LogP contribution in [0.1, 0.15) is 0 Å². The smallest absolute Gasteiger partial charge is 2.00 e. The molecule has 0 aliphatic rings. The van der Waals surface area contributed by atoms with Crippen molar-refractivity contribution in [1.82, 2.24) is 0 Å². The molecule has 0 rings (SSSR count). The Kier molecular flexibility index (Phi) is 1250. The van der Waals surface area contributed by atoms with Gasteiger partial charge in [0.05, 0.1) is 0 Å². The van der Waals surface area contributed by atoms with Gasteiger partial charge in [0, 0.05) is 0 Å². The van der Waals surface area contributed by atoms with E-state index in [1.807, 2.05) is 0 Å². The zero-order valence-electron chi connectivity index (χ0n) is 4.61. The Morgan fingerprint density at radius 3 is 0.556 bits per heavy atom. The first kappa shape index (κ1) is 121. The molecule has 0 amide bonds. The molecule has 0 radical (unpaired) electrons. The second kappa shape index (κ2) is 93.5. The second-order valence-corrected chi connectivity index (χ2v) is 0. The van der Waals surface area contributed by atoms with Crippen LogP contribution in [0.25, 0.3) is 0 Å². The fourth-order valence-electron chi connectivity index (χ4n) is 0. The molecule has 0 saturated heterocycles. The Morgan fingerprint density at radius 1 is 0.556 bits per heavy atom. The van der Waals surface area contributed by atoms with Gasteiger partial charge in [-0.2, -0.15) is 0 Å². The Hall–Kier alpha value is 3.88. The van der Waals surface area contributed by atoms with E-state index in [1.165, 1.54) is 0 Å². The summed E-state index contributed by atoms with van der Waals surface area (Å²) in [5.41, 5.74) is 0. The molecule has 0 bridgehead atoms. The van der Waals surface area contributed by atoms with Gasteiger partial charge in [0.25, 0.3) is 0 Å². The summed E-state index contributed by atoms with van der Waals surface area (Å²) >= 11 is 0. The number of hydrogen-bond acceptors (Lipinski definition) is 0. The molecule has 0 aromatic heterocycles. The Bertz CT molecular complexity index is 16.9. The summed E-state index contributed by atoms with van der Waals surface area (Å²) in [5, 5.41) is 0. The molecule has 9 heavy (non-hydrogen) atoms. The van der Waals surface area contributed by atoms with Gasteiger partial charge >= 0.3 is 124 Å². The van der Waals surface area contributed by atoms with Crippen LogP contribution in [0, 0.1) is 35.6 Å². The van der Waals surface area contributed by atoms with Gasteiger partial charge in [0.1, 0.15) is 0 Å². The van der Waals surface area contributed by atoms with E-state index in [2.05, 4.69) is 0 Å². The van der Waals surface area contributed by atoms with Gasteiger partial charge < -0.3 is 27.4 Å². The molecule has 0 spiro atoms. The van der Waals surface area contributed by atoms with Gasteiger partial charge in [-0.15, -0.1) is 0 Å². The SMILES string of the molecule is [Ga+3].[La+3].[Mg+2].[O-2].[O-2].[O-2].[O-2].[O-2].[Sr+2]. The molecule has 0 aromatic rings. The zero-order chi connectivity index (χ0) is 0. The fraction of sp³-hybridized carbons (Fsp3) is 0. The molecule has 0 aliphatic carbocycles. The van der Waals surface area contributed by atoms with Gasteiger partial charge in [-0.05, 0) is 0 Å². The standard InChI is InChI=1S/Ga.La.Mg.5O.Sr/q2*+3;+2;5*-2;+2. The van der Waals surface area contributed by atoms with Crippen LogP contribution in [0.4, 0.5) is 0 Å². The third kappa shape index (κ3) is 77.1. The van der Waals surface area contributed by atoms with Crippen LogP contribution in [-0.4, -0.2) is 88.3 Å². The second-order valence-electron chi connectivity index (χ2n) is 0. The first-order chi connectivity index (χ1) is 0. The van der Waals surface area contributed by atoms with Gasteiger partial charge in [-0.3, -0.25) is 0 Å². The predicted octanol–water partition coefficient (Wildman–Crippen LogP) is -1.74. The number of hydrogen-bond donors (Lipinski definition) is 0. The molecular formula is GaLaMgO5Sr. The van der Waals surface area contributed by atoms with Gasteiger partial charge in [0.15, 0.2) is 0 Å². The van der Waals surface area contributed by atoms with Gasteiger partial charge in [0.2, 0.25) is 0 Å². The molecule has 0 atom stereocenters. The van der Waals surface area contributed by atoms with E-state index < -0.39 is 0 Å². The van der Waals surface area contributed by atoms with Crippen molar-refractivity contribution < 1.29 is 63.0 Å². The molecule has 0 saturated carbocycles. The molecule has 9 heteroatoms. The zero-order valence-corrected chi connectivity index (χ0v) is 15.5. The Morgan fingerprint density at radius 2 is 0.556 bits per heavy atom. The van der Waals surface area contributed by atoms with Crippen LogP contribution in [0.15, 0.2) is 0 Å². The molecule has 0 fully saturated rings. The molecule has 5 nitrogen and oxygen atoms in total. The summed E-state index contributed by atoms with van der Waals surface area (Å²) in [6, 6.07) is 0. The van der Waals surface area contributed by atoms with E-state index in [0.717, 1.165) is 0 Å². The first-order valence-electron chi connectivity index (χ1n) is 0. The first-order valence-corrected chi connectivity index (χ1v) is 0. The van der Waals surface area contributed by atoms with E-state index in [-0.39, 0.29) is 151 Å². The van der Waals surface area contributed by atoms with Crippen molar-refractivity contribution in [2.45, 2.75) is 0 Å². The Balaban J connectivity index is 0. The summed E-state index contributed by atoms with van der Waals surface area (Å²) in [6.45, 7) is 0. The minimum atomic E-state index is 0. The summed E-state index contributed by atoms with van der Waals surface area (Å²) in [5.74, 6) is 0. The van der Waals surface area contributed by atoms with E-state index >= 15 is 0 Å². The molecule has 0 aliphatic heterocycles. The molecule has 0 heterocycles. The summed E-state index contributed by atoms with van der Waals surface area (Å²) in [7, 11) is 0. The molecule has 0 unspecified atom stereocenters. The third-order valence-corrected chi connectivity index (χ3v) is 0. The van der Waals surface area contributed by atoms with Gasteiger partial charge in [-0.1, -0.05) is 0 Å².